The van der Waals surface area contributed by atoms with Crippen LogP contribution in [-0.4, -0.2) is 17.4 Å². The number of nitrogens with zero attached hydrogens (tertiary/aromatic N) is 1. The molecule has 0 atom stereocenters. The van der Waals surface area contributed by atoms with E-state index in [9.17, 15) is 4.79 Å². The van der Waals surface area contributed by atoms with Crippen molar-refractivity contribution in [3.63, 3.8) is 0 Å². The molecule has 16 heavy (non-hydrogen) atoms. The van der Waals surface area contributed by atoms with Gasteiger partial charge in [0.1, 0.15) is 5.75 Å². The van der Waals surface area contributed by atoms with E-state index in [0.717, 1.165) is 4.47 Å². The maximum atomic E-state index is 11.5. The first-order valence-electron chi connectivity index (χ1n) is 4.56. The molecule has 0 unspecified atom stereocenters. The third-order valence-electron chi connectivity index (χ3n) is 1.85. The van der Waals surface area contributed by atoms with Crippen molar-refractivity contribution in [2.24, 2.45) is 0 Å². The highest BCUT2D eigenvalue weighted by Gasteiger charge is 2.09. The van der Waals surface area contributed by atoms with E-state index in [2.05, 4.69) is 20.9 Å². The van der Waals surface area contributed by atoms with Crippen molar-refractivity contribution >= 4 is 21.7 Å². The third-order valence-corrected chi connectivity index (χ3v) is 2.28. The van der Waals surface area contributed by atoms with Gasteiger partial charge in [0, 0.05) is 10.7 Å². The number of ether oxygens (including phenoxy) is 1. The van der Waals surface area contributed by atoms with Crippen LogP contribution in [0.2, 0.25) is 0 Å². The van der Waals surface area contributed by atoms with Crippen LogP contribution in [0.15, 0.2) is 45.7 Å². The van der Waals surface area contributed by atoms with E-state index in [4.69, 9.17) is 9.15 Å². The third kappa shape index (κ3) is 2.70. The second-order valence-electron chi connectivity index (χ2n) is 3.03. The van der Waals surface area contributed by atoms with Crippen LogP contribution in [0, 0.1) is 0 Å². The molecule has 0 spiro atoms. The Morgan fingerprint density at radius 2 is 2.38 bits per heavy atom. The van der Waals surface area contributed by atoms with Crippen LogP contribution in [0.25, 0.3) is 0 Å². The first kappa shape index (κ1) is 10.9. The van der Waals surface area contributed by atoms with Gasteiger partial charge in [0.2, 0.25) is 5.78 Å². The van der Waals surface area contributed by atoms with Crippen molar-refractivity contribution in [2.75, 3.05) is 6.61 Å². The minimum atomic E-state index is -0.204. The number of carbonyl (C=O) groups excluding carboxylic acids is 1. The first-order valence-corrected chi connectivity index (χ1v) is 5.35. The van der Waals surface area contributed by atoms with Crippen LogP contribution in [0.5, 0.6) is 5.75 Å². The van der Waals surface area contributed by atoms with Crippen LogP contribution in [0.4, 0.5) is 0 Å². The molecule has 0 bridgehead atoms. The average molecular weight is 282 g/mol. The zero-order valence-corrected chi connectivity index (χ0v) is 9.81. The van der Waals surface area contributed by atoms with Crippen molar-refractivity contribution in [1.82, 2.24) is 4.98 Å². The summed E-state index contributed by atoms with van der Waals surface area (Å²) < 4.78 is 11.0. The molecule has 0 aliphatic heterocycles. The summed E-state index contributed by atoms with van der Waals surface area (Å²) in [6, 6.07) is 5.00. The molecule has 4 nitrogen and oxygen atoms in total. The van der Waals surface area contributed by atoms with Crippen LogP contribution < -0.4 is 4.74 Å². The molecule has 2 aromatic heterocycles. The van der Waals surface area contributed by atoms with Gasteiger partial charge in [0.15, 0.2) is 12.4 Å². The maximum absolute atomic E-state index is 11.5. The number of furan rings is 1. The van der Waals surface area contributed by atoms with Gasteiger partial charge in [-0.3, -0.25) is 9.78 Å². The zero-order valence-electron chi connectivity index (χ0n) is 8.22. The van der Waals surface area contributed by atoms with E-state index in [0.29, 0.717) is 11.5 Å². The Hall–Kier alpha value is -1.62. The molecule has 0 aliphatic rings. The van der Waals surface area contributed by atoms with Crippen molar-refractivity contribution in [2.45, 2.75) is 0 Å². The summed E-state index contributed by atoms with van der Waals surface area (Å²) >= 11 is 3.26. The first-order chi connectivity index (χ1) is 7.75. The molecule has 0 amide bonds. The number of hydrogen-bond donors (Lipinski definition) is 0. The van der Waals surface area contributed by atoms with Gasteiger partial charge >= 0.3 is 0 Å². The Balaban J connectivity index is 1.95. The summed E-state index contributed by atoms with van der Waals surface area (Å²) in [6.07, 6.45) is 4.63. The number of ketones is 1. The highest BCUT2D eigenvalue weighted by molar-refractivity contribution is 9.10. The van der Waals surface area contributed by atoms with Gasteiger partial charge in [-0.15, -0.1) is 0 Å². The summed E-state index contributed by atoms with van der Waals surface area (Å²) in [4.78, 5) is 15.4. The lowest BCUT2D eigenvalue weighted by molar-refractivity contribution is 0.0893. The highest BCUT2D eigenvalue weighted by atomic mass is 79.9. The van der Waals surface area contributed by atoms with Gasteiger partial charge in [0.05, 0.1) is 12.5 Å². The molecule has 0 radical (unpaired) electrons. The Kier molecular flexibility index (Phi) is 3.36. The molecule has 0 saturated carbocycles. The average Bonchev–Trinajstić information content (AvgIpc) is 2.79. The lowest BCUT2D eigenvalue weighted by atomic mass is 10.3. The quantitative estimate of drug-likeness (QED) is 0.809. The normalized spacial score (nSPS) is 10.1. The number of halogens is 1. The van der Waals surface area contributed by atoms with Crippen molar-refractivity contribution in [3.8, 4) is 5.75 Å². The summed E-state index contributed by atoms with van der Waals surface area (Å²) in [6.45, 7) is -0.0638. The van der Waals surface area contributed by atoms with E-state index >= 15 is 0 Å². The number of aromatic nitrogens is 1. The van der Waals surface area contributed by atoms with Gasteiger partial charge in [-0.25, -0.2) is 0 Å². The second-order valence-corrected chi connectivity index (χ2v) is 3.94. The van der Waals surface area contributed by atoms with Crippen molar-refractivity contribution in [1.29, 1.82) is 0 Å². The smallest absolute Gasteiger partial charge is 0.235 e. The zero-order chi connectivity index (χ0) is 11.4. The molecule has 0 aliphatic carbocycles. The van der Waals surface area contributed by atoms with E-state index in [1.807, 2.05) is 0 Å². The van der Waals surface area contributed by atoms with E-state index in [1.165, 1.54) is 6.26 Å². The Morgan fingerprint density at radius 1 is 1.50 bits per heavy atom. The molecule has 5 heteroatoms. The molecular weight excluding hydrogens is 274 g/mol. The SMILES string of the molecule is O=C(COc1cncc(Br)c1)c1ccco1. The lowest BCUT2D eigenvalue weighted by Gasteiger charge is -2.03. The van der Waals surface area contributed by atoms with Gasteiger partial charge in [-0.2, -0.15) is 0 Å². The van der Waals surface area contributed by atoms with Gasteiger partial charge in [0.25, 0.3) is 0 Å². The fourth-order valence-electron chi connectivity index (χ4n) is 1.13. The monoisotopic (exact) mass is 281 g/mol. The summed E-state index contributed by atoms with van der Waals surface area (Å²) in [5.41, 5.74) is 0. The molecule has 0 saturated heterocycles. The van der Waals surface area contributed by atoms with Crippen LogP contribution >= 0.6 is 15.9 Å². The lowest BCUT2D eigenvalue weighted by Crippen LogP contribution is -2.10. The number of carbonyl (C=O) groups is 1. The molecule has 2 rings (SSSR count). The largest absolute Gasteiger partial charge is 0.484 e. The topological polar surface area (TPSA) is 52.3 Å². The molecule has 0 aromatic carbocycles. The van der Waals surface area contributed by atoms with Gasteiger partial charge in [-0.05, 0) is 34.1 Å². The Labute approximate surface area is 100 Å². The highest BCUT2D eigenvalue weighted by Crippen LogP contribution is 2.16. The number of pyridine rings is 1. The predicted octanol–water partition coefficient (Wildman–Crippen LogP) is 2.70. The van der Waals surface area contributed by atoms with Crippen LogP contribution in [0.3, 0.4) is 0 Å². The molecule has 82 valence electrons. The number of rotatable bonds is 4. The fraction of sp³-hybridized carbons (Fsp3) is 0.0909. The van der Waals surface area contributed by atoms with E-state index in [1.54, 1.807) is 30.6 Å². The van der Waals surface area contributed by atoms with E-state index < -0.39 is 0 Å². The Morgan fingerprint density at radius 3 is 3.06 bits per heavy atom. The second kappa shape index (κ2) is 4.94. The van der Waals surface area contributed by atoms with Gasteiger partial charge < -0.3 is 9.15 Å². The maximum Gasteiger partial charge on any atom is 0.235 e. The predicted molar refractivity (Wildman–Crippen MR) is 60.5 cm³/mol. The molecule has 2 heterocycles. The number of hydrogen-bond acceptors (Lipinski definition) is 4. The van der Waals surface area contributed by atoms with Crippen molar-refractivity contribution in [3.05, 3.63) is 47.1 Å². The summed E-state index contributed by atoms with van der Waals surface area (Å²) in [5, 5.41) is 0. The standard InChI is InChI=1S/C11H8BrNO3/c12-8-4-9(6-13-5-8)16-7-10(14)11-2-1-3-15-11/h1-6H,7H2. The molecule has 0 N–H and O–H groups in total. The van der Waals surface area contributed by atoms with Crippen LogP contribution in [0.1, 0.15) is 10.6 Å². The minimum Gasteiger partial charge on any atom is -0.484 e. The molecule has 0 fully saturated rings. The van der Waals surface area contributed by atoms with Gasteiger partial charge in [-0.1, -0.05) is 0 Å². The molecule has 2 aromatic rings. The Bertz CT molecular complexity index is 482. The summed E-state index contributed by atoms with van der Waals surface area (Å²) in [7, 11) is 0. The minimum absolute atomic E-state index is 0.0638. The fourth-order valence-corrected chi connectivity index (χ4v) is 1.47. The number of Topliss-reactive ketones (excluding diaryl/α,β-unsaturated/α-hetero) is 1. The summed E-state index contributed by atoms with van der Waals surface area (Å²) in [5.74, 6) is 0.627. The van der Waals surface area contributed by atoms with Crippen molar-refractivity contribution < 1.29 is 13.9 Å². The molecular formula is C11H8BrNO3. The van der Waals surface area contributed by atoms with Crippen LogP contribution in [-0.2, 0) is 0 Å². The van der Waals surface area contributed by atoms with E-state index in [-0.39, 0.29) is 12.4 Å².